The van der Waals surface area contributed by atoms with Crippen molar-refractivity contribution in [3.05, 3.63) is 47.2 Å². The number of nitrogens with zero attached hydrogens (tertiary/aromatic N) is 7. The first-order chi connectivity index (χ1) is 16.6. The molecule has 1 aromatic carbocycles. The molecule has 184 valence electrons. The van der Waals surface area contributed by atoms with Crippen LogP contribution in [-0.2, 0) is 11.3 Å². The second-order valence-corrected chi connectivity index (χ2v) is 8.97. The van der Waals surface area contributed by atoms with E-state index < -0.39 is 23.9 Å². The number of halogens is 1. The highest BCUT2D eigenvalue weighted by molar-refractivity contribution is 7.09. The van der Waals surface area contributed by atoms with Gasteiger partial charge in [-0.1, -0.05) is 0 Å². The summed E-state index contributed by atoms with van der Waals surface area (Å²) in [5.74, 6) is 0.229. The largest absolute Gasteiger partial charge is 0.465 e. The molecule has 1 aliphatic rings. The fourth-order valence-corrected chi connectivity index (χ4v) is 4.64. The quantitative estimate of drug-likeness (QED) is 0.570. The van der Waals surface area contributed by atoms with E-state index in [-0.39, 0.29) is 12.5 Å². The minimum Gasteiger partial charge on any atom is -0.465 e. The van der Waals surface area contributed by atoms with E-state index >= 15 is 0 Å². The lowest BCUT2D eigenvalue weighted by Gasteiger charge is -2.36. The molecule has 3 heterocycles. The molecule has 0 saturated heterocycles. The molecule has 2 aromatic heterocycles. The monoisotopic (exact) mass is 501 g/mol. The number of anilines is 1. The minimum absolute atomic E-state index is 0.274. The Morgan fingerprint density at radius 2 is 1.86 bits per heavy atom. The third kappa shape index (κ3) is 4.58. The predicted octanol–water partition coefficient (Wildman–Crippen LogP) is 2.64. The average molecular weight is 502 g/mol. The van der Waals surface area contributed by atoms with Crippen molar-refractivity contribution in [2.45, 2.75) is 26.4 Å². The van der Waals surface area contributed by atoms with Crippen molar-refractivity contribution in [1.29, 1.82) is 0 Å². The summed E-state index contributed by atoms with van der Waals surface area (Å²) in [5.41, 5.74) is 0.962. The van der Waals surface area contributed by atoms with Gasteiger partial charge in [-0.3, -0.25) is 14.5 Å². The fourth-order valence-electron chi connectivity index (χ4n) is 3.97. The van der Waals surface area contributed by atoms with E-state index in [9.17, 15) is 18.8 Å². The molecule has 35 heavy (non-hydrogen) atoms. The van der Waals surface area contributed by atoms with Crippen LogP contribution < -0.4 is 4.90 Å². The van der Waals surface area contributed by atoms with E-state index in [1.165, 1.54) is 54.8 Å². The maximum atomic E-state index is 13.4. The Kier molecular flexibility index (Phi) is 6.52. The number of fused-ring (bicyclic) bond motifs is 1. The number of benzene rings is 1. The van der Waals surface area contributed by atoms with Crippen LogP contribution in [-0.4, -0.2) is 78.9 Å². The van der Waals surface area contributed by atoms with Gasteiger partial charge in [0, 0.05) is 32.7 Å². The topological polar surface area (TPSA) is 125 Å². The van der Waals surface area contributed by atoms with Crippen LogP contribution >= 0.6 is 11.5 Å². The Hall–Kier alpha value is -3.87. The number of carbonyl (C=O) groups excluding carboxylic acids is 2. The molecular weight excluding hydrogens is 477 g/mol. The average Bonchev–Trinajstić information content (AvgIpc) is 3.42. The minimum atomic E-state index is -1.23. The van der Waals surface area contributed by atoms with Crippen LogP contribution in [0.1, 0.15) is 34.8 Å². The summed E-state index contributed by atoms with van der Waals surface area (Å²) in [6.07, 6.45) is -1.23. The number of imidazole rings is 1. The van der Waals surface area contributed by atoms with Gasteiger partial charge in [0.25, 0.3) is 5.91 Å². The highest BCUT2D eigenvalue weighted by atomic mass is 32.1. The third-order valence-corrected chi connectivity index (χ3v) is 6.68. The van der Waals surface area contributed by atoms with E-state index in [0.29, 0.717) is 46.8 Å². The standard InChI is InChI=1S/C22H24FN7O4S/c1-12-17-18(28(4)16(31)11-27(3)22(33)34)25-19(20-24-13(2)26-35-20)30(17)10-9-29(12)21(32)14-5-7-15(23)8-6-14/h5-8,12H,9-11H2,1-4H3,(H,33,34). The van der Waals surface area contributed by atoms with Crippen LogP contribution in [0.5, 0.6) is 0 Å². The van der Waals surface area contributed by atoms with Gasteiger partial charge in [0.1, 0.15) is 18.2 Å². The number of carbonyl (C=O) groups is 3. The second kappa shape index (κ2) is 9.41. The Morgan fingerprint density at radius 1 is 1.17 bits per heavy atom. The summed E-state index contributed by atoms with van der Waals surface area (Å²) in [5, 5.41) is 9.72. The van der Waals surface area contributed by atoms with Crippen LogP contribution in [0.4, 0.5) is 15.0 Å². The first kappa shape index (κ1) is 24.3. The van der Waals surface area contributed by atoms with Crippen molar-refractivity contribution in [3.8, 4) is 10.8 Å². The zero-order chi connectivity index (χ0) is 25.4. The first-order valence-electron chi connectivity index (χ1n) is 10.8. The summed E-state index contributed by atoms with van der Waals surface area (Å²) in [6.45, 7) is 3.99. The van der Waals surface area contributed by atoms with Gasteiger partial charge in [0.15, 0.2) is 16.6 Å². The molecule has 13 heteroatoms. The normalized spacial score (nSPS) is 15.0. The molecule has 3 amide bonds. The Morgan fingerprint density at radius 3 is 2.46 bits per heavy atom. The molecule has 1 unspecified atom stereocenters. The Balaban J connectivity index is 1.75. The number of amides is 3. The summed E-state index contributed by atoms with van der Waals surface area (Å²) in [4.78, 5) is 50.3. The summed E-state index contributed by atoms with van der Waals surface area (Å²) < 4.78 is 19.5. The molecule has 0 spiro atoms. The summed E-state index contributed by atoms with van der Waals surface area (Å²) >= 11 is 1.18. The SMILES string of the molecule is Cc1nsc(-c2nc(N(C)C(=O)CN(C)C(=O)O)c3n2CCN(C(=O)c2ccc(F)cc2)C3C)n1. The number of hydrogen-bond acceptors (Lipinski definition) is 7. The highest BCUT2D eigenvalue weighted by Gasteiger charge is 2.36. The van der Waals surface area contributed by atoms with E-state index in [0.717, 1.165) is 4.90 Å². The molecule has 1 atom stereocenters. The summed E-state index contributed by atoms with van der Waals surface area (Å²) in [7, 11) is 2.82. The van der Waals surface area contributed by atoms with Gasteiger partial charge < -0.3 is 19.5 Å². The molecule has 0 radical (unpaired) electrons. The van der Waals surface area contributed by atoms with Crippen molar-refractivity contribution in [3.63, 3.8) is 0 Å². The molecule has 1 N–H and O–H groups in total. The van der Waals surface area contributed by atoms with Crippen molar-refractivity contribution in [2.24, 2.45) is 0 Å². The van der Waals surface area contributed by atoms with Crippen LogP contribution in [0.25, 0.3) is 10.8 Å². The molecule has 0 fully saturated rings. The molecule has 4 rings (SSSR count). The Bertz CT molecular complexity index is 1290. The highest BCUT2D eigenvalue weighted by Crippen LogP contribution is 2.38. The number of rotatable bonds is 5. The smallest absolute Gasteiger partial charge is 0.407 e. The second-order valence-electron chi connectivity index (χ2n) is 8.22. The van der Waals surface area contributed by atoms with Crippen LogP contribution in [0.15, 0.2) is 24.3 Å². The van der Waals surface area contributed by atoms with Gasteiger partial charge >= 0.3 is 6.09 Å². The lowest BCUT2D eigenvalue weighted by atomic mass is 10.1. The van der Waals surface area contributed by atoms with Gasteiger partial charge in [-0.25, -0.2) is 19.2 Å². The molecule has 11 nitrogen and oxygen atoms in total. The maximum absolute atomic E-state index is 13.4. The molecule has 1 aliphatic heterocycles. The van der Waals surface area contributed by atoms with E-state index in [2.05, 4.69) is 9.36 Å². The van der Waals surface area contributed by atoms with Gasteiger partial charge in [-0.15, -0.1) is 0 Å². The molecule has 0 bridgehead atoms. The third-order valence-electron chi connectivity index (χ3n) is 5.88. The lowest BCUT2D eigenvalue weighted by molar-refractivity contribution is -0.118. The predicted molar refractivity (Wildman–Crippen MR) is 126 cm³/mol. The summed E-state index contributed by atoms with van der Waals surface area (Å²) in [6, 6.07) is 4.85. The zero-order valence-corrected chi connectivity index (χ0v) is 20.4. The van der Waals surface area contributed by atoms with Gasteiger partial charge in [-0.2, -0.15) is 4.37 Å². The molecular formula is C22H24FN7O4S. The van der Waals surface area contributed by atoms with E-state index in [4.69, 9.17) is 10.1 Å². The number of likely N-dealkylation sites (N-methyl/N-ethyl adjacent to an activating group) is 2. The van der Waals surface area contributed by atoms with E-state index in [1.54, 1.807) is 11.8 Å². The molecule has 0 saturated carbocycles. The maximum Gasteiger partial charge on any atom is 0.407 e. The number of hydrogen-bond donors (Lipinski definition) is 1. The number of aromatic nitrogens is 4. The Labute approximate surface area is 204 Å². The van der Waals surface area contributed by atoms with Gasteiger partial charge in [0.05, 0.1) is 11.7 Å². The fraction of sp³-hybridized carbons (Fsp3) is 0.364. The zero-order valence-electron chi connectivity index (χ0n) is 19.6. The number of carboxylic acid groups (broad SMARTS) is 1. The van der Waals surface area contributed by atoms with Gasteiger partial charge in [-0.05, 0) is 49.6 Å². The van der Waals surface area contributed by atoms with E-state index in [1.807, 2.05) is 11.5 Å². The van der Waals surface area contributed by atoms with Crippen molar-refractivity contribution < 1.29 is 23.9 Å². The lowest BCUT2D eigenvalue weighted by Crippen LogP contribution is -2.43. The van der Waals surface area contributed by atoms with Crippen molar-refractivity contribution in [2.75, 3.05) is 32.1 Å². The first-order valence-corrected chi connectivity index (χ1v) is 11.5. The van der Waals surface area contributed by atoms with Crippen molar-refractivity contribution >= 4 is 35.3 Å². The van der Waals surface area contributed by atoms with Crippen LogP contribution in [0.2, 0.25) is 0 Å². The number of aryl methyl sites for hydroxylation is 1. The molecule has 3 aromatic rings. The van der Waals surface area contributed by atoms with Crippen LogP contribution in [0, 0.1) is 12.7 Å². The van der Waals surface area contributed by atoms with Gasteiger partial charge in [0.2, 0.25) is 5.91 Å². The van der Waals surface area contributed by atoms with Crippen molar-refractivity contribution in [1.82, 2.24) is 28.7 Å². The molecule has 0 aliphatic carbocycles. The van der Waals surface area contributed by atoms with Crippen LogP contribution in [0.3, 0.4) is 0 Å².